The van der Waals surface area contributed by atoms with Crippen LogP contribution in [-0.4, -0.2) is 23.4 Å². The Bertz CT molecular complexity index is 758. The second kappa shape index (κ2) is 10.4. The van der Waals surface area contributed by atoms with Crippen LogP contribution in [0.1, 0.15) is 19.3 Å². The summed E-state index contributed by atoms with van der Waals surface area (Å²) in [5, 5.41) is 19.8. The van der Waals surface area contributed by atoms with Crippen molar-refractivity contribution in [1.82, 2.24) is 0 Å². The lowest BCUT2D eigenvalue weighted by atomic mass is 10.2. The average molecular weight is 413 g/mol. The summed E-state index contributed by atoms with van der Waals surface area (Å²) in [6.45, 7) is 0.972. The summed E-state index contributed by atoms with van der Waals surface area (Å²) in [6, 6.07) is 10.7. The first-order valence-electron chi connectivity index (χ1n) is 8.27. The number of anilines is 4. The van der Waals surface area contributed by atoms with E-state index in [1.54, 1.807) is 18.2 Å². The van der Waals surface area contributed by atoms with Crippen LogP contribution in [0.3, 0.4) is 0 Å². The molecule has 0 aromatic heterocycles. The molecule has 2 rings (SSSR count). The van der Waals surface area contributed by atoms with Crippen molar-refractivity contribution in [3.8, 4) is 0 Å². The molecule has 0 aliphatic rings. The third kappa shape index (κ3) is 6.21. The smallest absolute Gasteiger partial charge is 0.175 e. The molecule has 5 nitrogen and oxygen atoms in total. The maximum Gasteiger partial charge on any atom is 0.175 e. The molecule has 0 aliphatic heterocycles. The van der Waals surface area contributed by atoms with Gasteiger partial charge in [-0.1, -0.05) is 29.3 Å². The molecular formula is C18H22Cl2N4OS. The minimum atomic E-state index is 0.216. The molecule has 0 aliphatic carbocycles. The highest BCUT2D eigenvalue weighted by atomic mass is 35.5. The molecule has 8 heteroatoms. The van der Waals surface area contributed by atoms with Crippen molar-refractivity contribution in [2.45, 2.75) is 19.3 Å². The molecule has 140 valence electrons. The molecule has 0 radical (unpaired) electrons. The average Bonchev–Trinajstić information content (AvgIpc) is 2.59. The summed E-state index contributed by atoms with van der Waals surface area (Å²) >= 11 is 17.4. The van der Waals surface area contributed by atoms with Gasteiger partial charge in [-0.05, 0) is 61.8 Å². The third-order valence-corrected chi connectivity index (χ3v) is 4.41. The Kier molecular flexibility index (Phi) is 8.25. The fourth-order valence-electron chi connectivity index (χ4n) is 2.37. The van der Waals surface area contributed by atoms with Gasteiger partial charge in [0.2, 0.25) is 0 Å². The number of thiocarbonyl (C=S) groups is 1. The number of nitrogen functional groups attached to an aromatic ring is 1. The normalized spacial score (nSPS) is 10.4. The highest BCUT2D eigenvalue weighted by Gasteiger charge is 2.09. The molecule has 0 amide bonds. The molecule has 0 heterocycles. The topological polar surface area (TPSA) is 82.3 Å². The van der Waals surface area contributed by atoms with Crippen LogP contribution < -0.4 is 21.7 Å². The van der Waals surface area contributed by atoms with E-state index in [4.69, 9.17) is 46.3 Å². The lowest BCUT2D eigenvalue weighted by Crippen LogP contribution is -2.20. The van der Waals surface area contributed by atoms with Crippen molar-refractivity contribution in [3.05, 3.63) is 46.4 Å². The minimum absolute atomic E-state index is 0.216. The molecule has 0 saturated carbocycles. The van der Waals surface area contributed by atoms with Gasteiger partial charge in [0.1, 0.15) is 0 Å². The predicted molar refractivity (Wildman–Crippen MR) is 117 cm³/mol. The van der Waals surface area contributed by atoms with E-state index in [9.17, 15) is 0 Å². The van der Waals surface area contributed by atoms with Gasteiger partial charge < -0.3 is 26.8 Å². The molecule has 0 saturated heterocycles. The minimum Gasteiger partial charge on any atom is -0.397 e. The maximum absolute atomic E-state index is 8.84. The Morgan fingerprint density at radius 3 is 2.54 bits per heavy atom. The number of halogens is 2. The highest BCUT2D eigenvalue weighted by Crippen LogP contribution is 2.29. The predicted octanol–water partition coefficient (Wildman–Crippen LogP) is 4.96. The molecule has 6 N–H and O–H groups in total. The number of aliphatic hydroxyl groups excluding tert-OH is 1. The number of unbranched alkanes of at least 4 members (excludes halogenated alkanes) is 2. The van der Waals surface area contributed by atoms with Crippen molar-refractivity contribution < 1.29 is 5.11 Å². The van der Waals surface area contributed by atoms with E-state index < -0.39 is 0 Å². The quantitative estimate of drug-likeness (QED) is 0.239. The molecule has 26 heavy (non-hydrogen) atoms. The Morgan fingerprint density at radius 1 is 1.04 bits per heavy atom. The van der Waals surface area contributed by atoms with Crippen LogP contribution in [-0.2, 0) is 0 Å². The van der Waals surface area contributed by atoms with Crippen LogP contribution in [0.2, 0.25) is 10.0 Å². The fraction of sp³-hybridized carbons (Fsp3) is 0.278. The molecule has 0 unspecified atom stereocenters. The van der Waals surface area contributed by atoms with Crippen molar-refractivity contribution in [1.29, 1.82) is 0 Å². The summed E-state index contributed by atoms with van der Waals surface area (Å²) in [5.41, 5.74) is 8.95. The van der Waals surface area contributed by atoms with Crippen molar-refractivity contribution in [3.63, 3.8) is 0 Å². The summed E-state index contributed by atoms with van der Waals surface area (Å²) in [4.78, 5) is 0. The Labute approximate surface area is 168 Å². The molecule has 2 aromatic carbocycles. The van der Waals surface area contributed by atoms with Crippen molar-refractivity contribution in [2.24, 2.45) is 0 Å². The van der Waals surface area contributed by atoms with Gasteiger partial charge in [0.15, 0.2) is 5.11 Å². The third-order valence-electron chi connectivity index (χ3n) is 3.66. The second-order valence-electron chi connectivity index (χ2n) is 5.68. The van der Waals surface area contributed by atoms with Gasteiger partial charge in [0.25, 0.3) is 0 Å². The van der Waals surface area contributed by atoms with E-state index in [1.807, 2.05) is 18.2 Å². The van der Waals surface area contributed by atoms with Crippen LogP contribution in [0, 0.1) is 0 Å². The zero-order valence-corrected chi connectivity index (χ0v) is 16.5. The SMILES string of the molecule is Nc1cccc(NC(=S)Nc2ccc(Cl)cc2Cl)c1NCCCCCO. The lowest BCUT2D eigenvalue weighted by molar-refractivity contribution is 0.283. The van der Waals surface area contributed by atoms with Gasteiger partial charge >= 0.3 is 0 Å². The number of nitrogens with two attached hydrogens (primary N) is 1. The van der Waals surface area contributed by atoms with E-state index in [-0.39, 0.29) is 6.61 Å². The molecule has 2 aromatic rings. The van der Waals surface area contributed by atoms with Crippen LogP contribution in [0.25, 0.3) is 0 Å². The zero-order valence-electron chi connectivity index (χ0n) is 14.2. The van der Waals surface area contributed by atoms with Crippen LogP contribution in [0.5, 0.6) is 0 Å². The Hall–Kier alpha value is -1.73. The van der Waals surface area contributed by atoms with E-state index >= 15 is 0 Å². The number of hydrogen-bond donors (Lipinski definition) is 5. The first kappa shape index (κ1) is 20.6. The number of benzene rings is 2. The number of para-hydroxylation sites is 1. The summed E-state index contributed by atoms with van der Waals surface area (Å²) in [7, 11) is 0. The first-order chi connectivity index (χ1) is 12.5. The number of aliphatic hydroxyl groups is 1. The Balaban J connectivity index is 2.01. The summed E-state index contributed by atoms with van der Waals surface area (Å²) < 4.78 is 0. The monoisotopic (exact) mass is 412 g/mol. The lowest BCUT2D eigenvalue weighted by Gasteiger charge is -2.17. The molecule has 0 spiro atoms. The van der Waals surface area contributed by atoms with Crippen molar-refractivity contribution >= 4 is 63.3 Å². The molecule has 0 bridgehead atoms. The first-order valence-corrected chi connectivity index (χ1v) is 9.44. The number of hydrogen-bond acceptors (Lipinski definition) is 4. The molecule has 0 atom stereocenters. The maximum atomic E-state index is 8.84. The fourth-order valence-corrected chi connectivity index (χ4v) is 3.04. The van der Waals surface area contributed by atoms with Gasteiger partial charge in [0.05, 0.1) is 27.8 Å². The highest BCUT2D eigenvalue weighted by molar-refractivity contribution is 7.80. The van der Waals surface area contributed by atoms with Gasteiger partial charge in [0, 0.05) is 18.2 Å². The number of rotatable bonds is 8. The largest absolute Gasteiger partial charge is 0.397 e. The van der Waals surface area contributed by atoms with Gasteiger partial charge in [-0.15, -0.1) is 0 Å². The van der Waals surface area contributed by atoms with Gasteiger partial charge in [-0.3, -0.25) is 0 Å². The van der Waals surface area contributed by atoms with E-state index in [2.05, 4.69) is 16.0 Å². The molecule has 0 fully saturated rings. The summed E-state index contributed by atoms with van der Waals surface area (Å²) in [5.74, 6) is 0. The van der Waals surface area contributed by atoms with E-state index in [0.29, 0.717) is 26.5 Å². The van der Waals surface area contributed by atoms with E-state index in [0.717, 1.165) is 37.2 Å². The van der Waals surface area contributed by atoms with Crippen molar-refractivity contribution in [2.75, 3.05) is 34.8 Å². The van der Waals surface area contributed by atoms with Gasteiger partial charge in [-0.2, -0.15) is 0 Å². The summed E-state index contributed by atoms with van der Waals surface area (Å²) in [6.07, 6.45) is 2.69. The Morgan fingerprint density at radius 2 is 1.81 bits per heavy atom. The van der Waals surface area contributed by atoms with Crippen LogP contribution in [0.4, 0.5) is 22.7 Å². The zero-order chi connectivity index (χ0) is 18.9. The molecular weight excluding hydrogens is 391 g/mol. The van der Waals surface area contributed by atoms with Crippen LogP contribution in [0.15, 0.2) is 36.4 Å². The van der Waals surface area contributed by atoms with Crippen LogP contribution >= 0.6 is 35.4 Å². The van der Waals surface area contributed by atoms with E-state index in [1.165, 1.54) is 0 Å². The van der Waals surface area contributed by atoms with Gasteiger partial charge in [-0.25, -0.2) is 0 Å². The standard InChI is InChI=1S/C18H22Cl2N4OS/c19-12-7-8-15(13(20)11-12)23-18(26)24-16-6-4-5-14(21)17(16)22-9-2-1-3-10-25/h4-8,11,22,25H,1-3,9-10,21H2,(H2,23,24,26). The second-order valence-corrected chi connectivity index (χ2v) is 6.94. The number of nitrogens with one attached hydrogen (secondary N) is 3.